The lowest BCUT2D eigenvalue weighted by Crippen LogP contribution is -2.29. The molecule has 1 fully saturated rings. The normalized spacial score (nSPS) is 17.3. The van der Waals surface area contributed by atoms with Crippen LogP contribution in [0, 0.1) is 12.8 Å². The molecular weight excluding hydrogens is 455 g/mol. The van der Waals surface area contributed by atoms with Crippen molar-refractivity contribution in [1.82, 2.24) is 9.55 Å². The fourth-order valence-corrected chi connectivity index (χ4v) is 4.90. The average molecular weight is 480 g/mol. The molecule has 1 unspecified atom stereocenters. The highest BCUT2D eigenvalue weighted by Crippen LogP contribution is 2.47. The summed E-state index contributed by atoms with van der Waals surface area (Å²) in [5.74, 6) is 1.59. The molecule has 0 N–H and O–H groups in total. The van der Waals surface area contributed by atoms with Crippen molar-refractivity contribution in [2.75, 3.05) is 25.2 Å². The maximum Gasteiger partial charge on any atom is 0.411 e. The first-order valence-electron chi connectivity index (χ1n) is 11.1. The van der Waals surface area contributed by atoms with Gasteiger partial charge in [-0.3, -0.25) is 0 Å². The van der Waals surface area contributed by atoms with Crippen molar-refractivity contribution in [2.45, 2.75) is 45.0 Å². The Morgan fingerprint density at radius 3 is 2.64 bits per heavy atom. The second-order valence-corrected chi connectivity index (χ2v) is 9.15. The molecule has 2 heterocycles. The van der Waals surface area contributed by atoms with E-state index in [2.05, 4.69) is 9.47 Å². The zero-order valence-corrected chi connectivity index (χ0v) is 19.2. The van der Waals surface area contributed by atoms with E-state index in [4.69, 9.17) is 26.1 Å². The van der Waals surface area contributed by atoms with Gasteiger partial charge in [0.2, 0.25) is 5.95 Å². The lowest BCUT2D eigenvalue weighted by molar-refractivity contribution is -0.188. The van der Waals surface area contributed by atoms with Gasteiger partial charge >= 0.3 is 6.18 Å². The molecule has 5 rings (SSSR count). The molecule has 1 aliphatic heterocycles. The van der Waals surface area contributed by atoms with Crippen LogP contribution in [0.3, 0.4) is 0 Å². The van der Waals surface area contributed by atoms with Crippen molar-refractivity contribution >= 4 is 34.3 Å². The fourth-order valence-electron chi connectivity index (χ4n) is 4.70. The molecule has 2 aliphatic rings. The zero-order valence-electron chi connectivity index (χ0n) is 18.5. The summed E-state index contributed by atoms with van der Waals surface area (Å²) >= 11 is 6.53. The third kappa shape index (κ3) is 4.26. The van der Waals surface area contributed by atoms with E-state index in [9.17, 15) is 13.2 Å². The van der Waals surface area contributed by atoms with Gasteiger partial charge in [-0.2, -0.15) is 13.2 Å². The predicted molar refractivity (Wildman–Crippen MR) is 122 cm³/mol. The summed E-state index contributed by atoms with van der Waals surface area (Å²) in [6.45, 7) is 2.24. The number of alkyl halides is 3. The molecule has 0 radical (unpaired) electrons. The molecule has 176 valence electrons. The van der Waals surface area contributed by atoms with E-state index in [1.165, 1.54) is 0 Å². The molecule has 1 atom stereocenters. The number of imidazole rings is 1. The summed E-state index contributed by atoms with van der Waals surface area (Å²) in [5, 5.41) is 0.479. The molecule has 9 heteroatoms. The number of aryl methyl sites for hydroxylation is 2. The smallest absolute Gasteiger partial charge is 0.411 e. The summed E-state index contributed by atoms with van der Waals surface area (Å²) in [5.41, 5.74) is 4.16. The van der Waals surface area contributed by atoms with E-state index >= 15 is 0 Å². The Hall–Kier alpha value is -2.45. The van der Waals surface area contributed by atoms with E-state index < -0.39 is 18.9 Å². The lowest BCUT2D eigenvalue weighted by Gasteiger charge is -2.31. The van der Waals surface area contributed by atoms with Crippen LogP contribution in [0.15, 0.2) is 30.3 Å². The molecule has 1 saturated carbocycles. The zero-order chi connectivity index (χ0) is 23.3. The van der Waals surface area contributed by atoms with Crippen LogP contribution in [0.2, 0.25) is 5.02 Å². The van der Waals surface area contributed by atoms with Gasteiger partial charge in [-0.25, -0.2) is 4.98 Å². The first kappa shape index (κ1) is 22.3. The number of rotatable bonds is 6. The third-order valence-electron chi connectivity index (χ3n) is 6.34. The number of ether oxygens (including phenoxy) is 2. The van der Waals surface area contributed by atoms with Crippen LogP contribution in [0.5, 0.6) is 5.75 Å². The molecule has 1 aromatic heterocycles. The first-order valence-corrected chi connectivity index (χ1v) is 11.4. The van der Waals surface area contributed by atoms with Crippen LogP contribution in [0.25, 0.3) is 11.0 Å². The first-order chi connectivity index (χ1) is 15.8. The Balaban J connectivity index is 1.62. The van der Waals surface area contributed by atoms with Gasteiger partial charge < -0.3 is 18.9 Å². The predicted octanol–water partition coefficient (Wildman–Crippen LogP) is 6.58. The van der Waals surface area contributed by atoms with Gasteiger partial charge in [0.15, 0.2) is 0 Å². The second kappa shape index (κ2) is 8.40. The number of hydrogen-bond donors (Lipinski definition) is 0. The Bertz CT molecular complexity index is 1190. The van der Waals surface area contributed by atoms with Crippen molar-refractivity contribution in [3.8, 4) is 5.75 Å². The average Bonchev–Trinajstić information content (AvgIpc) is 3.53. The van der Waals surface area contributed by atoms with E-state index in [-0.39, 0.29) is 5.92 Å². The van der Waals surface area contributed by atoms with Gasteiger partial charge in [0, 0.05) is 24.3 Å². The number of aromatic nitrogens is 2. The second-order valence-electron chi connectivity index (χ2n) is 8.74. The van der Waals surface area contributed by atoms with Crippen LogP contribution in [0.4, 0.5) is 24.8 Å². The van der Waals surface area contributed by atoms with Gasteiger partial charge in [-0.1, -0.05) is 17.7 Å². The van der Waals surface area contributed by atoms with E-state index in [1.807, 2.05) is 25.1 Å². The molecular formula is C24H25ClF3N3O2. The number of anilines is 2. The molecule has 0 saturated heterocycles. The summed E-state index contributed by atoms with van der Waals surface area (Å²) in [6.07, 6.45) is -2.44. The number of methoxy groups -OCH3 is 1. The molecule has 2 aromatic carbocycles. The SMILES string of the molecule is COc1ccc(N2CCCn3c2nc2c(Cl)ccc(C(OCC(F)(F)F)C4CC4)c23)c(C)c1. The number of hydrogen-bond acceptors (Lipinski definition) is 4. The molecule has 3 aromatic rings. The topological polar surface area (TPSA) is 39.5 Å². The molecule has 0 bridgehead atoms. The summed E-state index contributed by atoms with van der Waals surface area (Å²) in [6, 6.07) is 9.41. The Morgan fingerprint density at radius 1 is 1.18 bits per heavy atom. The highest BCUT2D eigenvalue weighted by molar-refractivity contribution is 6.35. The maximum absolute atomic E-state index is 13.0. The molecule has 1 aliphatic carbocycles. The highest BCUT2D eigenvalue weighted by Gasteiger charge is 2.39. The van der Waals surface area contributed by atoms with Crippen molar-refractivity contribution in [3.05, 3.63) is 46.5 Å². The van der Waals surface area contributed by atoms with Crippen LogP contribution in [-0.4, -0.2) is 36.0 Å². The monoisotopic (exact) mass is 479 g/mol. The Morgan fingerprint density at radius 2 is 1.97 bits per heavy atom. The summed E-state index contributed by atoms with van der Waals surface area (Å²) < 4.78 is 51.7. The number of fused-ring (bicyclic) bond motifs is 3. The number of nitrogens with zero attached hydrogens (tertiary/aromatic N) is 3. The lowest BCUT2D eigenvalue weighted by atomic mass is 10.0. The minimum absolute atomic E-state index is 0.0754. The largest absolute Gasteiger partial charge is 0.497 e. The molecule has 33 heavy (non-hydrogen) atoms. The quantitative estimate of drug-likeness (QED) is 0.400. The number of halogens is 4. The van der Waals surface area contributed by atoms with Gasteiger partial charge in [0.1, 0.15) is 17.9 Å². The molecule has 5 nitrogen and oxygen atoms in total. The summed E-state index contributed by atoms with van der Waals surface area (Å²) in [4.78, 5) is 7.01. The van der Waals surface area contributed by atoms with Crippen LogP contribution in [-0.2, 0) is 11.3 Å². The highest BCUT2D eigenvalue weighted by atomic mass is 35.5. The van der Waals surface area contributed by atoms with Crippen molar-refractivity contribution in [3.63, 3.8) is 0 Å². The summed E-state index contributed by atoms with van der Waals surface area (Å²) in [7, 11) is 1.63. The van der Waals surface area contributed by atoms with Crippen molar-refractivity contribution < 1.29 is 22.6 Å². The van der Waals surface area contributed by atoms with E-state index in [0.29, 0.717) is 17.1 Å². The minimum atomic E-state index is -4.38. The van der Waals surface area contributed by atoms with Gasteiger partial charge in [0.25, 0.3) is 0 Å². The maximum atomic E-state index is 13.0. The van der Waals surface area contributed by atoms with Crippen molar-refractivity contribution in [1.29, 1.82) is 0 Å². The Kier molecular flexibility index (Phi) is 5.69. The Labute approximate surface area is 195 Å². The van der Waals surface area contributed by atoms with Crippen LogP contribution < -0.4 is 9.64 Å². The third-order valence-corrected chi connectivity index (χ3v) is 6.64. The van der Waals surface area contributed by atoms with E-state index in [1.54, 1.807) is 19.2 Å². The van der Waals surface area contributed by atoms with Crippen molar-refractivity contribution in [2.24, 2.45) is 5.92 Å². The van der Waals surface area contributed by atoms with Gasteiger partial charge in [0.05, 0.1) is 23.8 Å². The van der Waals surface area contributed by atoms with Crippen LogP contribution >= 0.6 is 11.6 Å². The van der Waals surface area contributed by atoms with E-state index in [0.717, 1.165) is 59.8 Å². The standard InChI is InChI=1S/C24H25ClF3N3O2/c1-14-12-16(32-2)6-9-19(14)30-10-3-11-31-21-17(7-8-18(25)20(21)29-23(30)31)22(15-4-5-15)33-13-24(26,27)28/h6-9,12,15,22H,3-5,10-11,13H2,1-2H3. The molecule has 0 amide bonds. The van der Waals surface area contributed by atoms with Gasteiger partial charge in [-0.15, -0.1) is 0 Å². The van der Waals surface area contributed by atoms with Crippen LogP contribution in [0.1, 0.15) is 36.5 Å². The minimum Gasteiger partial charge on any atom is -0.497 e. The fraction of sp³-hybridized carbons (Fsp3) is 0.458. The molecule has 0 spiro atoms. The number of benzene rings is 2. The van der Waals surface area contributed by atoms with Gasteiger partial charge in [-0.05, 0) is 61.9 Å².